The number of ether oxygens (including phenoxy) is 1. The number of carbonyl (C=O) groups excluding carboxylic acids is 1. The molecule has 2 N–H and O–H groups in total. The number of aliphatic hydroxyl groups is 1. The zero-order valence-corrected chi connectivity index (χ0v) is 21.3. The summed E-state index contributed by atoms with van der Waals surface area (Å²) in [6.07, 6.45) is -3.31. The van der Waals surface area contributed by atoms with E-state index in [2.05, 4.69) is 16.7 Å². The first-order valence-corrected chi connectivity index (χ1v) is 12.8. The zero-order chi connectivity index (χ0) is 27.2. The van der Waals surface area contributed by atoms with Gasteiger partial charge < -0.3 is 24.7 Å². The number of carbonyl (C=O) groups is 1. The van der Waals surface area contributed by atoms with E-state index in [0.29, 0.717) is 30.6 Å². The number of likely N-dealkylation sites (N-methyl/N-ethyl adjacent to an activating group) is 2. The number of halogens is 3. The second-order valence-corrected chi connectivity index (χ2v) is 11.2. The standard InChI is InChI=1S/C29H29F3N2O4/c1-16-15-28(37)21-14-18-7-10-20(35)25-23(18)27(28,12-13-33(21)2)26(38-25)24(16)34(3)22(36)11-6-17-4-8-19(9-5-17)29(30,31)32/h4-5,7-10,16,21,24,26,35,37H,12-15H2,1-3H3/t16-,21+,24-,26-,27-,28+/m0/s1. The van der Waals surface area contributed by atoms with Crippen LogP contribution in [-0.2, 0) is 22.8 Å². The van der Waals surface area contributed by atoms with Crippen molar-refractivity contribution in [2.45, 2.75) is 61.6 Å². The number of hydrogen-bond acceptors (Lipinski definition) is 5. The summed E-state index contributed by atoms with van der Waals surface area (Å²) in [6.45, 7) is 2.73. The molecule has 38 heavy (non-hydrogen) atoms. The lowest BCUT2D eigenvalue weighted by Gasteiger charge is -2.65. The van der Waals surface area contributed by atoms with Crippen molar-refractivity contribution >= 4 is 5.91 Å². The van der Waals surface area contributed by atoms with Crippen molar-refractivity contribution in [3.63, 3.8) is 0 Å². The SMILES string of the molecule is C[C@H]1C[C@@]2(O)[C@H]3Cc4ccc(O)c5c4[C@@]2(CCN3C)[C@@H](O5)[C@H]1N(C)C(=O)C#Cc1ccc(C(F)(F)F)cc1. The molecule has 0 radical (unpaired) electrons. The van der Waals surface area contributed by atoms with Crippen LogP contribution in [0.1, 0.15) is 42.0 Å². The number of nitrogens with zero attached hydrogens (tertiary/aromatic N) is 2. The molecule has 2 bridgehead atoms. The number of likely N-dealkylation sites (tertiary alicyclic amines) is 1. The van der Waals surface area contributed by atoms with Gasteiger partial charge in [0.25, 0.3) is 5.91 Å². The third kappa shape index (κ3) is 3.26. The molecular formula is C29H29F3N2O4. The van der Waals surface area contributed by atoms with Gasteiger partial charge in [0.1, 0.15) is 6.10 Å². The normalized spacial score (nSPS) is 33.0. The molecule has 0 aromatic heterocycles. The number of alkyl halides is 3. The minimum atomic E-state index is -4.44. The Balaban J connectivity index is 1.36. The van der Waals surface area contributed by atoms with Gasteiger partial charge in [-0.15, -0.1) is 0 Å². The zero-order valence-electron chi connectivity index (χ0n) is 21.3. The Labute approximate surface area is 219 Å². The van der Waals surface area contributed by atoms with E-state index in [0.717, 1.165) is 29.8 Å². The summed E-state index contributed by atoms with van der Waals surface area (Å²) in [4.78, 5) is 17.0. The lowest BCUT2D eigenvalue weighted by atomic mass is 9.47. The molecule has 2 aliphatic heterocycles. The van der Waals surface area contributed by atoms with Crippen LogP contribution in [-0.4, -0.2) is 70.3 Å². The Morgan fingerprint density at radius 2 is 1.92 bits per heavy atom. The van der Waals surface area contributed by atoms with Gasteiger partial charge in [0, 0.05) is 30.1 Å². The van der Waals surface area contributed by atoms with Crippen LogP contribution in [0, 0.1) is 17.8 Å². The van der Waals surface area contributed by atoms with Crippen LogP contribution in [0.5, 0.6) is 11.5 Å². The van der Waals surface area contributed by atoms with Crippen molar-refractivity contribution in [3.05, 3.63) is 58.7 Å². The fourth-order valence-electron chi connectivity index (χ4n) is 7.68. The molecule has 2 aromatic rings. The van der Waals surface area contributed by atoms with E-state index < -0.39 is 40.8 Å². The molecule has 2 heterocycles. The van der Waals surface area contributed by atoms with E-state index >= 15 is 0 Å². The maximum Gasteiger partial charge on any atom is 0.416 e. The topological polar surface area (TPSA) is 73.2 Å². The van der Waals surface area contributed by atoms with Gasteiger partial charge in [0.15, 0.2) is 11.5 Å². The average molecular weight is 527 g/mol. The second-order valence-electron chi connectivity index (χ2n) is 11.2. The van der Waals surface area contributed by atoms with Crippen LogP contribution in [0.25, 0.3) is 0 Å². The number of amides is 1. The largest absolute Gasteiger partial charge is 0.504 e. The molecule has 1 amide bonds. The smallest absolute Gasteiger partial charge is 0.416 e. The minimum Gasteiger partial charge on any atom is -0.504 e. The first-order chi connectivity index (χ1) is 17.9. The van der Waals surface area contributed by atoms with Crippen molar-refractivity contribution in [2.75, 3.05) is 20.6 Å². The maximum absolute atomic E-state index is 13.3. The Kier molecular flexibility index (Phi) is 5.37. The van der Waals surface area contributed by atoms with E-state index in [4.69, 9.17) is 4.74 Å². The number of benzene rings is 2. The van der Waals surface area contributed by atoms with Crippen LogP contribution >= 0.6 is 0 Å². The molecule has 1 saturated carbocycles. The molecule has 6 nitrogen and oxygen atoms in total. The number of phenolic OH excluding ortho intramolecular Hbond substituents is 1. The maximum atomic E-state index is 13.3. The summed E-state index contributed by atoms with van der Waals surface area (Å²) in [5.41, 5.74) is -0.442. The van der Waals surface area contributed by atoms with Crippen LogP contribution in [0.2, 0.25) is 0 Å². The molecule has 200 valence electrons. The first-order valence-electron chi connectivity index (χ1n) is 12.8. The van der Waals surface area contributed by atoms with Crippen molar-refractivity contribution in [2.24, 2.45) is 5.92 Å². The molecular weight excluding hydrogens is 497 g/mol. The van der Waals surface area contributed by atoms with E-state index in [-0.39, 0.29) is 17.7 Å². The summed E-state index contributed by atoms with van der Waals surface area (Å²) in [5, 5.41) is 23.1. The third-order valence-electron chi connectivity index (χ3n) is 9.35. The number of rotatable bonds is 1. The number of phenols is 1. The molecule has 1 spiro atoms. The van der Waals surface area contributed by atoms with Gasteiger partial charge in [0.05, 0.1) is 22.6 Å². The fraction of sp³-hybridized carbons (Fsp3) is 0.483. The van der Waals surface area contributed by atoms with Gasteiger partial charge in [-0.2, -0.15) is 13.2 Å². The highest BCUT2D eigenvalue weighted by Crippen LogP contribution is 2.66. The predicted octanol–water partition coefficient (Wildman–Crippen LogP) is 3.32. The van der Waals surface area contributed by atoms with E-state index in [9.17, 15) is 28.2 Å². The van der Waals surface area contributed by atoms with E-state index in [1.165, 1.54) is 17.0 Å². The van der Waals surface area contributed by atoms with Crippen molar-refractivity contribution in [3.8, 4) is 23.3 Å². The Morgan fingerprint density at radius 3 is 2.61 bits per heavy atom. The van der Waals surface area contributed by atoms with Gasteiger partial charge in [-0.3, -0.25) is 4.79 Å². The molecule has 9 heteroatoms. The lowest BCUT2D eigenvalue weighted by Crippen LogP contribution is -2.79. The van der Waals surface area contributed by atoms with Crippen molar-refractivity contribution in [1.82, 2.24) is 9.80 Å². The summed E-state index contributed by atoms with van der Waals surface area (Å²) in [5.74, 6) is 5.03. The summed E-state index contributed by atoms with van der Waals surface area (Å²) < 4.78 is 45.1. The molecule has 2 fully saturated rings. The summed E-state index contributed by atoms with van der Waals surface area (Å²) in [7, 11) is 3.67. The minimum absolute atomic E-state index is 0.0229. The molecule has 6 rings (SSSR count). The molecule has 2 aliphatic carbocycles. The molecule has 1 saturated heterocycles. The second kappa shape index (κ2) is 8.14. The quantitative estimate of drug-likeness (QED) is 0.558. The summed E-state index contributed by atoms with van der Waals surface area (Å²) >= 11 is 0. The number of piperidine rings is 1. The number of aromatic hydroxyl groups is 1. The Hall–Kier alpha value is -3.22. The van der Waals surface area contributed by atoms with Crippen LogP contribution < -0.4 is 4.74 Å². The van der Waals surface area contributed by atoms with Gasteiger partial charge >= 0.3 is 6.18 Å². The molecule has 2 aromatic carbocycles. The third-order valence-corrected chi connectivity index (χ3v) is 9.35. The average Bonchev–Trinajstić information content (AvgIpc) is 3.21. The lowest BCUT2D eigenvalue weighted by molar-refractivity contribution is -0.208. The van der Waals surface area contributed by atoms with E-state index in [1.54, 1.807) is 13.1 Å². The van der Waals surface area contributed by atoms with Crippen LogP contribution in [0.4, 0.5) is 13.2 Å². The molecule has 4 aliphatic rings. The highest BCUT2D eigenvalue weighted by molar-refractivity contribution is 5.94. The number of hydrogen-bond donors (Lipinski definition) is 2. The predicted molar refractivity (Wildman–Crippen MR) is 133 cm³/mol. The summed E-state index contributed by atoms with van der Waals surface area (Å²) in [6, 6.07) is 7.35. The molecule has 6 atom stereocenters. The highest BCUT2D eigenvalue weighted by Gasteiger charge is 2.74. The van der Waals surface area contributed by atoms with Crippen molar-refractivity contribution < 1.29 is 32.9 Å². The van der Waals surface area contributed by atoms with Crippen LogP contribution in [0.3, 0.4) is 0 Å². The first kappa shape index (κ1) is 25.1. The highest BCUT2D eigenvalue weighted by atomic mass is 19.4. The van der Waals surface area contributed by atoms with Gasteiger partial charge in [0.2, 0.25) is 0 Å². The molecule has 0 unspecified atom stereocenters. The van der Waals surface area contributed by atoms with Gasteiger partial charge in [-0.05, 0) is 74.7 Å². The van der Waals surface area contributed by atoms with Crippen molar-refractivity contribution in [1.29, 1.82) is 0 Å². The monoisotopic (exact) mass is 526 g/mol. The Morgan fingerprint density at radius 1 is 1.21 bits per heavy atom. The van der Waals surface area contributed by atoms with E-state index in [1.807, 2.05) is 20.0 Å². The van der Waals surface area contributed by atoms with Gasteiger partial charge in [-0.1, -0.05) is 18.9 Å². The fourth-order valence-corrected chi connectivity index (χ4v) is 7.68. The van der Waals surface area contributed by atoms with Crippen LogP contribution in [0.15, 0.2) is 36.4 Å². The van der Waals surface area contributed by atoms with Gasteiger partial charge in [-0.25, -0.2) is 0 Å². The Bertz CT molecular complexity index is 1380.